The molecule has 1 amide bonds. The number of benzene rings is 1. The van der Waals surface area contributed by atoms with Crippen molar-refractivity contribution in [2.45, 2.75) is 38.8 Å². The molecule has 6 nitrogen and oxygen atoms in total. The lowest BCUT2D eigenvalue weighted by Crippen LogP contribution is -2.42. The van der Waals surface area contributed by atoms with Crippen molar-refractivity contribution in [3.8, 4) is 5.75 Å². The molecule has 142 valence electrons. The Morgan fingerprint density at radius 2 is 1.85 bits per heavy atom. The molecule has 0 aromatic heterocycles. The van der Waals surface area contributed by atoms with Gasteiger partial charge in [-0.3, -0.25) is 4.90 Å². The summed E-state index contributed by atoms with van der Waals surface area (Å²) >= 11 is 12.5. The van der Waals surface area contributed by atoms with E-state index < -0.39 is 23.7 Å². The Balaban J connectivity index is 2.48. The molecule has 0 radical (unpaired) electrons. The first-order valence-corrected chi connectivity index (χ1v) is 8.66. The van der Waals surface area contributed by atoms with Gasteiger partial charge in [0.25, 0.3) is 0 Å². The molecule has 0 fully saturated rings. The van der Waals surface area contributed by atoms with Crippen molar-refractivity contribution in [3.05, 3.63) is 33.9 Å². The minimum absolute atomic E-state index is 0.197. The first-order chi connectivity index (χ1) is 12.1. The van der Waals surface area contributed by atoms with Crippen molar-refractivity contribution in [2.75, 3.05) is 14.2 Å². The van der Waals surface area contributed by atoms with Gasteiger partial charge in [-0.25, -0.2) is 9.59 Å². The number of carbonyl (C=O) groups is 2. The molecule has 0 unspecified atom stereocenters. The van der Waals surface area contributed by atoms with Gasteiger partial charge in [-0.1, -0.05) is 23.2 Å². The summed E-state index contributed by atoms with van der Waals surface area (Å²) in [5, 5.41) is 0.626. The molecule has 0 saturated carbocycles. The molecule has 0 bridgehead atoms. The number of ether oxygens (including phenoxy) is 3. The fourth-order valence-electron chi connectivity index (χ4n) is 2.61. The van der Waals surface area contributed by atoms with E-state index in [9.17, 15) is 9.59 Å². The second-order valence-corrected chi connectivity index (χ2v) is 7.51. The summed E-state index contributed by atoms with van der Waals surface area (Å²) in [6.07, 6.45) is 1.07. The number of methoxy groups -OCH3 is 2. The van der Waals surface area contributed by atoms with Gasteiger partial charge in [-0.15, -0.1) is 0 Å². The van der Waals surface area contributed by atoms with Gasteiger partial charge in [0.05, 0.1) is 24.3 Å². The summed E-state index contributed by atoms with van der Waals surface area (Å²) in [6, 6.07) is 2.43. The van der Waals surface area contributed by atoms with Crippen LogP contribution in [0.2, 0.25) is 10.0 Å². The Hall–Kier alpha value is -1.92. The smallest absolute Gasteiger partial charge is 0.415 e. The van der Waals surface area contributed by atoms with Crippen LogP contribution in [0.15, 0.2) is 18.3 Å². The van der Waals surface area contributed by atoms with Crippen LogP contribution < -0.4 is 4.74 Å². The van der Waals surface area contributed by atoms with Gasteiger partial charge >= 0.3 is 12.1 Å². The first kappa shape index (κ1) is 20.4. The van der Waals surface area contributed by atoms with Gasteiger partial charge in [-0.2, -0.15) is 0 Å². The molecule has 2 rings (SSSR count). The van der Waals surface area contributed by atoms with Crippen LogP contribution in [0.25, 0.3) is 5.57 Å². The van der Waals surface area contributed by atoms with Crippen molar-refractivity contribution < 1.29 is 23.8 Å². The minimum atomic E-state index is -0.857. The maximum Gasteiger partial charge on any atom is 0.415 e. The third kappa shape index (κ3) is 4.24. The molecule has 1 aliphatic heterocycles. The number of halogens is 2. The van der Waals surface area contributed by atoms with Crippen molar-refractivity contribution in [1.82, 2.24) is 4.90 Å². The van der Waals surface area contributed by atoms with Crippen LogP contribution in [0.5, 0.6) is 5.75 Å². The Bertz CT molecular complexity index is 755. The molecule has 1 aliphatic rings. The van der Waals surface area contributed by atoms with Gasteiger partial charge in [-0.05, 0) is 38.5 Å². The zero-order valence-electron chi connectivity index (χ0n) is 15.3. The molecule has 0 N–H and O–H groups in total. The van der Waals surface area contributed by atoms with Crippen LogP contribution in [0, 0.1) is 0 Å². The summed E-state index contributed by atoms with van der Waals surface area (Å²) in [5.74, 6) is -0.0699. The summed E-state index contributed by atoms with van der Waals surface area (Å²) in [5.41, 5.74) is 0.442. The van der Waals surface area contributed by atoms with E-state index in [0.717, 1.165) is 0 Å². The van der Waals surface area contributed by atoms with Crippen molar-refractivity contribution in [3.63, 3.8) is 0 Å². The number of rotatable bonds is 3. The third-order valence-electron chi connectivity index (χ3n) is 3.72. The fraction of sp³-hybridized carbons (Fsp3) is 0.444. The van der Waals surface area contributed by atoms with E-state index >= 15 is 0 Å². The Labute approximate surface area is 162 Å². The van der Waals surface area contributed by atoms with E-state index in [2.05, 4.69) is 0 Å². The topological polar surface area (TPSA) is 65.1 Å². The molecule has 1 atom stereocenters. The predicted octanol–water partition coefficient (Wildman–Crippen LogP) is 4.53. The molecule has 26 heavy (non-hydrogen) atoms. The zero-order chi connectivity index (χ0) is 19.6. The number of esters is 1. The highest BCUT2D eigenvalue weighted by Crippen LogP contribution is 2.42. The number of hydrogen-bond donors (Lipinski definition) is 0. The minimum Gasteiger partial charge on any atom is -0.496 e. The molecule has 1 aromatic carbocycles. The van der Waals surface area contributed by atoms with Crippen LogP contribution in [0.1, 0.15) is 32.8 Å². The molecular formula is C18H21Cl2NO5. The van der Waals surface area contributed by atoms with E-state index in [-0.39, 0.29) is 11.4 Å². The van der Waals surface area contributed by atoms with Crippen molar-refractivity contribution in [2.24, 2.45) is 0 Å². The highest BCUT2D eigenvalue weighted by molar-refractivity contribution is 6.43. The predicted molar refractivity (Wildman–Crippen MR) is 99.5 cm³/mol. The van der Waals surface area contributed by atoms with E-state index in [4.69, 9.17) is 37.4 Å². The lowest BCUT2D eigenvalue weighted by atomic mass is 10.0. The monoisotopic (exact) mass is 401 g/mol. The maximum absolute atomic E-state index is 12.5. The Morgan fingerprint density at radius 3 is 2.38 bits per heavy atom. The summed E-state index contributed by atoms with van der Waals surface area (Å²) in [6.45, 7) is 5.24. The summed E-state index contributed by atoms with van der Waals surface area (Å²) in [7, 11) is 2.77. The maximum atomic E-state index is 12.5. The Morgan fingerprint density at radius 1 is 1.19 bits per heavy atom. The van der Waals surface area contributed by atoms with Gasteiger partial charge < -0.3 is 14.2 Å². The first-order valence-electron chi connectivity index (χ1n) is 7.91. The molecule has 1 aromatic rings. The van der Waals surface area contributed by atoms with Gasteiger partial charge in [0.2, 0.25) is 0 Å². The molecule has 8 heteroatoms. The second kappa shape index (κ2) is 7.76. The molecular weight excluding hydrogens is 381 g/mol. The van der Waals surface area contributed by atoms with E-state index in [1.54, 1.807) is 32.9 Å². The third-order valence-corrected chi connectivity index (χ3v) is 4.52. The van der Waals surface area contributed by atoms with E-state index in [1.165, 1.54) is 25.3 Å². The Kier molecular flexibility index (Phi) is 6.09. The number of carbonyl (C=O) groups excluding carboxylic acids is 2. The van der Waals surface area contributed by atoms with Gasteiger partial charge in [0, 0.05) is 18.2 Å². The summed E-state index contributed by atoms with van der Waals surface area (Å²) in [4.78, 5) is 25.9. The fourth-order valence-corrected chi connectivity index (χ4v) is 3.05. The standard InChI is InChI=1S/C18H21Cl2NO5/c1-18(2,3)26-17(23)21-9-10(8-12(21)16(22)25-5)14-13(24-4)7-6-11(19)15(14)20/h6-7,9,12H,8H2,1-5H3/t12-/m0/s1. The lowest BCUT2D eigenvalue weighted by molar-refractivity contribution is -0.145. The molecule has 0 saturated heterocycles. The number of nitrogens with zero attached hydrogens (tertiary/aromatic N) is 1. The highest BCUT2D eigenvalue weighted by Gasteiger charge is 2.39. The molecule has 0 aliphatic carbocycles. The van der Waals surface area contributed by atoms with Crippen LogP contribution in [0.4, 0.5) is 4.79 Å². The summed E-state index contributed by atoms with van der Waals surface area (Å²) < 4.78 is 15.6. The number of amides is 1. The second-order valence-electron chi connectivity index (χ2n) is 6.72. The van der Waals surface area contributed by atoms with Crippen LogP contribution in [-0.4, -0.2) is 42.8 Å². The zero-order valence-corrected chi connectivity index (χ0v) is 16.8. The highest BCUT2D eigenvalue weighted by atomic mass is 35.5. The van der Waals surface area contributed by atoms with Gasteiger partial charge in [0.1, 0.15) is 17.4 Å². The van der Waals surface area contributed by atoms with E-state index in [1.807, 2.05) is 0 Å². The normalized spacial score (nSPS) is 17.0. The van der Waals surface area contributed by atoms with E-state index in [0.29, 0.717) is 21.9 Å². The van der Waals surface area contributed by atoms with Crippen LogP contribution in [-0.2, 0) is 14.3 Å². The molecule has 0 spiro atoms. The van der Waals surface area contributed by atoms with Crippen molar-refractivity contribution >= 4 is 40.8 Å². The largest absolute Gasteiger partial charge is 0.496 e. The number of hydrogen-bond acceptors (Lipinski definition) is 5. The van der Waals surface area contributed by atoms with Crippen LogP contribution in [0.3, 0.4) is 0 Å². The van der Waals surface area contributed by atoms with Crippen LogP contribution >= 0.6 is 23.2 Å². The average molecular weight is 402 g/mol. The quantitative estimate of drug-likeness (QED) is 0.696. The van der Waals surface area contributed by atoms with Gasteiger partial charge in [0.15, 0.2) is 0 Å². The average Bonchev–Trinajstić information content (AvgIpc) is 2.99. The molecule has 1 heterocycles. The SMILES string of the molecule is COC(=O)[C@@H]1CC(c2c(OC)ccc(Cl)c2Cl)=CN1C(=O)OC(C)(C)C. The lowest BCUT2D eigenvalue weighted by Gasteiger charge is -2.26. The van der Waals surface area contributed by atoms with Crippen molar-refractivity contribution in [1.29, 1.82) is 0 Å².